The summed E-state index contributed by atoms with van der Waals surface area (Å²) in [4.78, 5) is 25.5. The van der Waals surface area contributed by atoms with E-state index < -0.39 is 0 Å². The van der Waals surface area contributed by atoms with Gasteiger partial charge in [0.2, 0.25) is 11.2 Å². The number of nitrogens with zero attached hydrogens (tertiary/aromatic N) is 1. The third-order valence-corrected chi connectivity index (χ3v) is 3.69. The van der Waals surface area contributed by atoms with Crippen molar-refractivity contribution >= 4 is 5.91 Å². The minimum absolute atomic E-state index is 0.0842. The van der Waals surface area contributed by atoms with E-state index in [-0.39, 0.29) is 23.7 Å². The first-order valence-electron chi connectivity index (χ1n) is 7.40. The Balaban J connectivity index is 2.00. The van der Waals surface area contributed by atoms with Gasteiger partial charge in [-0.05, 0) is 31.9 Å². The van der Waals surface area contributed by atoms with E-state index in [1.807, 2.05) is 26.0 Å². The second kappa shape index (κ2) is 7.13. The molecule has 1 amide bonds. The molecule has 0 fully saturated rings. The van der Waals surface area contributed by atoms with Gasteiger partial charge < -0.3 is 14.1 Å². The van der Waals surface area contributed by atoms with Crippen molar-refractivity contribution in [2.75, 3.05) is 13.7 Å². The van der Waals surface area contributed by atoms with Crippen LogP contribution in [-0.2, 0) is 11.3 Å². The van der Waals surface area contributed by atoms with Gasteiger partial charge in [-0.15, -0.1) is 0 Å². The first-order valence-corrected chi connectivity index (χ1v) is 7.40. The van der Waals surface area contributed by atoms with Crippen molar-refractivity contribution in [1.82, 2.24) is 4.90 Å². The SMILES string of the molecule is Cc1ccc(C)c(CN(C)C(=O)COc2c(C)occc2=O)c1. The number of aryl methyl sites for hydroxylation is 3. The predicted molar refractivity (Wildman–Crippen MR) is 87.6 cm³/mol. The van der Waals surface area contributed by atoms with E-state index >= 15 is 0 Å². The van der Waals surface area contributed by atoms with Crippen molar-refractivity contribution in [2.45, 2.75) is 27.3 Å². The van der Waals surface area contributed by atoms with Crippen LogP contribution < -0.4 is 10.2 Å². The molecule has 0 saturated carbocycles. The maximum absolute atomic E-state index is 12.2. The van der Waals surface area contributed by atoms with E-state index in [0.29, 0.717) is 12.3 Å². The number of rotatable bonds is 5. The van der Waals surface area contributed by atoms with Crippen LogP contribution in [0.1, 0.15) is 22.5 Å². The lowest BCUT2D eigenvalue weighted by molar-refractivity contribution is -0.132. The summed E-state index contributed by atoms with van der Waals surface area (Å²) in [5, 5.41) is 0. The number of likely N-dealkylation sites (N-methyl/N-ethyl adjacent to an activating group) is 1. The van der Waals surface area contributed by atoms with Crippen LogP contribution in [0.2, 0.25) is 0 Å². The van der Waals surface area contributed by atoms with E-state index in [1.54, 1.807) is 18.9 Å². The summed E-state index contributed by atoms with van der Waals surface area (Å²) in [7, 11) is 1.72. The first-order chi connectivity index (χ1) is 10.9. The number of carbonyl (C=O) groups is 1. The Bertz CT molecular complexity index is 764. The number of ether oxygens (including phenoxy) is 1. The molecule has 0 radical (unpaired) electrons. The molecule has 0 atom stereocenters. The molecule has 0 aliphatic rings. The van der Waals surface area contributed by atoms with Gasteiger partial charge in [-0.25, -0.2) is 0 Å². The molecule has 2 aromatic rings. The summed E-state index contributed by atoms with van der Waals surface area (Å²) in [5.74, 6) is 0.247. The van der Waals surface area contributed by atoms with Gasteiger partial charge in [0, 0.05) is 19.7 Å². The van der Waals surface area contributed by atoms with Crippen molar-refractivity contribution in [3.63, 3.8) is 0 Å². The normalized spacial score (nSPS) is 10.4. The van der Waals surface area contributed by atoms with Crippen molar-refractivity contribution < 1.29 is 13.9 Å². The van der Waals surface area contributed by atoms with Gasteiger partial charge in [-0.2, -0.15) is 0 Å². The highest BCUT2D eigenvalue weighted by atomic mass is 16.5. The number of hydrogen-bond acceptors (Lipinski definition) is 4. The van der Waals surface area contributed by atoms with Crippen LogP contribution in [0.4, 0.5) is 0 Å². The van der Waals surface area contributed by atoms with Gasteiger partial charge in [0.25, 0.3) is 5.91 Å². The molecule has 0 bridgehead atoms. The fourth-order valence-electron chi connectivity index (χ4n) is 2.23. The largest absolute Gasteiger partial charge is 0.476 e. The van der Waals surface area contributed by atoms with Crippen molar-refractivity contribution in [3.05, 3.63) is 63.2 Å². The average molecular weight is 315 g/mol. The van der Waals surface area contributed by atoms with Crippen LogP contribution in [0.5, 0.6) is 5.75 Å². The molecule has 0 spiro atoms. The second-order valence-electron chi connectivity index (χ2n) is 5.64. The fraction of sp³-hybridized carbons (Fsp3) is 0.333. The van der Waals surface area contributed by atoms with Crippen LogP contribution in [0.25, 0.3) is 0 Å². The smallest absolute Gasteiger partial charge is 0.260 e. The molecule has 0 N–H and O–H groups in total. The minimum atomic E-state index is -0.293. The predicted octanol–water partition coefficient (Wildman–Crippen LogP) is 2.60. The molecule has 1 heterocycles. The molecule has 2 rings (SSSR count). The molecule has 1 aromatic heterocycles. The van der Waals surface area contributed by atoms with E-state index in [1.165, 1.54) is 12.3 Å². The third kappa shape index (κ3) is 4.22. The van der Waals surface area contributed by atoms with Crippen molar-refractivity contribution in [3.8, 4) is 5.75 Å². The molecule has 5 heteroatoms. The lowest BCUT2D eigenvalue weighted by atomic mass is 10.1. The first kappa shape index (κ1) is 16.8. The van der Waals surface area contributed by atoms with E-state index in [0.717, 1.165) is 16.7 Å². The summed E-state index contributed by atoms with van der Waals surface area (Å²) in [5.41, 5.74) is 3.09. The van der Waals surface area contributed by atoms with Gasteiger partial charge in [0.05, 0.1) is 6.26 Å². The van der Waals surface area contributed by atoms with E-state index in [4.69, 9.17) is 9.15 Å². The lowest BCUT2D eigenvalue weighted by Crippen LogP contribution is -2.32. The zero-order valence-corrected chi connectivity index (χ0v) is 13.9. The van der Waals surface area contributed by atoms with Crippen molar-refractivity contribution in [1.29, 1.82) is 0 Å². The van der Waals surface area contributed by atoms with Gasteiger partial charge in [-0.3, -0.25) is 9.59 Å². The van der Waals surface area contributed by atoms with Crippen LogP contribution in [-0.4, -0.2) is 24.5 Å². The summed E-state index contributed by atoms with van der Waals surface area (Å²) in [6.45, 7) is 5.96. The molecule has 0 unspecified atom stereocenters. The van der Waals surface area contributed by atoms with Crippen LogP contribution in [0, 0.1) is 20.8 Å². The quantitative estimate of drug-likeness (QED) is 0.851. The van der Waals surface area contributed by atoms with E-state index in [2.05, 4.69) is 6.07 Å². The molecular formula is C18H21NO4. The molecule has 5 nitrogen and oxygen atoms in total. The average Bonchev–Trinajstić information content (AvgIpc) is 2.50. The van der Waals surface area contributed by atoms with Crippen LogP contribution in [0.3, 0.4) is 0 Å². The standard InChI is InChI=1S/C18H21NO4/c1-12-5-6-13(2)15(9-12)10-19(4)17(21)11-23-18-14(3)22-8-7-16(18)20/h5-9H,10-11H2,1-4H3. The Morgan fingerprint density at radius 3 is 2.65 bits per heavy atom. The lowest BCUT2D eigenvalue weighted by Gasteiger charge is -2.19. The molecule has 0 saturated heterocycles. The number of amides is 1. The number of benzene rings is 1. The maximum atomic E-state index is 12.2. The maximum Gasteiger partial charge on any atom is 0.260 e. The van der Waals surface area contributed by atoms with Gasteiger partial charge in [-0.1, -0.05) is 23.8 Å². The number of carbonyl (C=O) groups excluding carboxylic acids is 1. The molecule has 23 heavy (non-hydrogen) atoms. The van der Waals surface area contributed by atoms with Gasteiger partial charge in [0.1, 0.15) is 5.76 Å². The topological polar surface area (TPSA) is 59.8 Å². The highest BCUT2D eigenvalue weighted by Crippen LogP contribution is 2.14. The number of hydrogen-bond donors (Lipinski definition) is 0. The zero-order valence-electron chi connectivity index (χ0n) is 13.9. The molecule has 1 aromatic carbocycles. The van der Waals surface area contributed by atoms with Crippen LogP contribution >= 0.6 is 0 Å². The molecular weight excluding hydrogens is 294 g/mol. The summed E-state index contributed by atoms with van der Waals surface area (Å²) >= 11 is 0. The molecule has 122 valence electrons. The molecule has 0 aliphatic carbocycles. The van der Waals surface area contributed by atoms with Crippen molar-refractivity contribution in [2.24, 2.45) is 0 Å². The van der Waals surface area contributed by atoms with Gasteiger partial charge in [0.15, 0.2) is 6.61 Å². The Morgan fingerprint density at radius 1 is 1.22 bits per heavy atom. The fourth-order valence-corrected chi connectivity index (χ4v) is 2.23. The summed E-state index contributed by atoms with van der Waals surface area (Å²) in [6.07, 6.45) is 1.30. The highest BCUT2D eigenvalue weighted by molar-refractivity contribution is 5.77. The Labute approximate surface area is 135 Å². The Kier molecular flexibility index (Phi) is 5.21. The van der Waals surface area contributed by atoms with Gasteiger partial charge >= 0.3 is 0 Å². The summed E-state index contributed by atoms with van der Waals surface area (Å²) in [6, 6.07) is 7.42. The highest BCUT2D eigenvalue weighted by Gasteiger charge is 2.14. The Hall–Kier alpha value is -2.56. The monoisotopic (exact) mass is 315 g/mol. The zero-order chi connectivity index (χ0) is 17.0. The second-order valence-corrected chi connectivity index (χ2v) is 5.64. The Morgan fingerprint density at radius 2 is 1.96 bits per heavy atom. The van der Waals surface area contributed by atoms with Crippen LogP contribution in [0.15, 0.2) is 39.7 Å². The molecule has 0 aliphatic heterocycles. The third-order valence-electron chi connectivity index (χ3n) is 3.69. The minimum Gasteiger partial charge on any atom is -0.476 e. The van der Waals surface area contributed by atoms with E-state index in [9.17, 15) is 9.59 Å². The summed E-state index contributed by atoms with van der Waals surface area (Å²) < 4.78 is 10.5.